The number of hydrogen-bond acceptors (Lipinski definition) is 4. The van der Waals surface area contributed by atoms with Crippen LogP contribution in [0, 0.1) is 5.21 Å². The number of hydrazine groups is 1. The van der Waals surface area contributed by atoms with E-state index in [1.54, 1.807) is 0 Å². The summed E-state index contributed by atoms with van der Waals surface area (Å²) in [7, 11) is 0. The van der Waals surface area contributed by atoms with E-state index in [9.17, 15) is 5.21 Å². The molecule has 0 unspecified atom stereocenters. The Hall–Kier alpha value is -1.62. The molecular formula is C13H17N3O2. The molecule has 0 N–H and O–H groups in total. The van der Waals surface area contributed by atoms with Crippen LogP contribution in [0.4, 0.5) is 0 Å². The lowest BCUT2D eigenvalue weighted by Gasteiger charge is -2.24. The van der Waals surface area contributed by atoms with E-state index >= 15 is 0 Å². The van der Waals surface area contributed by atoms with Crippen LogP contribution < -0.4 is 0 Å². The van der Waals surface area contributed by atoms with Crippen LogP contribution >= 0.6 is 0 Å². The molecule has 0 spiro atoms. The van der Waals surface area contributed by atoms with Crippen molar-refractivity contribution in [2.45, 2.75) is 44.4 Å². The quantitative estimate of drug-likeness (QED) is 0.609. The second-order valence-corrected chi connectivity index (χ2v) is 4.85. The van der Waals surface area contributed by atoms with Crippen molar-refractivity contribution in [3.05, 3.63) is 41.1 Å². The zero-order valence-electron chi connectivity index (χ0n) is 10.2. The Balaban J connectivity index is 1.64. The van der Waals surface area contributed by atoms with E-state index in [1.165, 1.54) is 5.17 Å². The number of fused-ring (bicyclic) bond motifs is 1. The van der Waals surface area contributed by atoms with Crippen molar-refractivity contribution in [1.29, 1.82) is 0 Å². The lowest BCUT2D eigenvalue weighted by Crippen LogP contribution is -2.41. The minimum absolute atomic E-state index is 0.118. The van der Waals surface area contributed by atoms with Gasteiger partial charge in [0.25, 0.3) is 0 Å². The maximum Gasteiger partial charge on any atom is 0.147 e. The van der Waals surface area contributed by atoms with Crippen LogP contribution in [0.2, 0.25) is 0 Å². The van der Waals surface area contributed by atoms with E-state index in [0.717, 1.165) is 31.2 Å². The van der Waals surface area contributed by atoms with Gasteiger partial charge in [0.15, 0.2) is 0 Å². The minimum Gasteiger partial charge on any atom is -0.570 e. The molecule has 2 atom stereocenters. The van der Waals surface area contributed by atoms with Gasteiger partial charge < -0.3 is 5.21 Å². The third-order valence-electron chi connectivity index (χ3n) is 3.60. The summed E-state index contributed by atoms with van der Waals surface area (Å²) in [6.45, 7) is 0.415. The van der Waals surface area contributed by atoms with Gasteiger partial charge in [0.1, 0.15) is 18.7 Å². The van der Waals surface area contributed by atoms with Crippen LogP contribution in [0.15, 0.2) is 35.4 Å². The van der Waals surface area contributed by atoms with Gasteiger partial charge in [0.2, 0.25) is 0 Å². The highest BCUT2D eigenvalue weighted by atomic mass is 16.8. The van der Waals surface area contributed by atoms with E-state index < -0.39 is 0 Å². The van der Waals surface area contributed by atoms with Crippen LogP contribution in [-0.4, -0.2) is 22.2 Å². The first-order valence-electron chi connectivity index (χ1n) is 6.48. The van der Waals surface area contributed by atoms with Gasteiger partial charge in [-0.1, -0.05) is 43.2 Å². The fraction of sp³-hybridized carbons (Fsp3) is 0.538. The monoisotopic (exact) mass is 247 g/mol. The van der Waals surface area contributed by atoms with Crippen molar-refractivity contribution in [1.82, 2.24) is 5.17 Å². The highest BCUT2D eigenvalue weighted by Crippen LogP contribution is 2.30. The zero-order chi connectivity index (χ0) is 12.4. The van der Waals surface area contributed by atoms with Crippen LogP contribution in [0.3, 0.4) is 0 Å². The Morgan fingerprint density at radius 3 is 2.89 bits per heavy atom. The Bertz CT molecular complexity index is 435. The van der Waals surface area contributed by atoms with E-state index in [-0.39, 0.29) is 12.1 Å². The van der Waals surface area contributed by atoms with Gasteiger partial charge >= 0.3 is 0 Å². The van der Waals surface area contributed by atoms with E-state index in [1.807, 2.05) is 30.3 Å². The van der Waals surface area contributed by atoms with Gasteiger partial charge in [0, 0.05) is 5.11 Å². The lowest BCUT2D eigenvalue weighted by atomic mass is 9.92. The maximum atomic E-state index is 11.7. The van der Waals surface area contributed by atoms with Crippen LogP contribution in [0.5, 0.6) is 0 Å². The van der Waals surface area contributed by atoms with Gasteiger partial charge in [-0.05, 0) is 23.6 Å². The third kappa shape index (κ3) is 2.18. The first-order valence-corrected chi connectivity index (χ1v) is 6.48. The summed E-state index contributed by atoms with van der Waals surface area (Å²) in [4.78, 5) is 6.25. The number of hydroxylamine groups is 1. The Kier molecular flexibility index (Phi) is 3.15. The van der Waals surface area contributed by atoms with Crippen molar-refractivity contribution in [3.8, 4) is 0 Å². The Morgan fingerprint density at radius 2 is 2.06 bits per heavy atom. The molecule has 0 amide bonds. The van der Waals surface area contributed by atoms with Crippen LogP contribution in [0.1, 0.15) is 31.2 Å². The first-order chi connectivity index (χ1) is 8.84. The minimum atomic E-state index is 0.118. The lowest BCUT2D eigenvalue weighted by molar-refractivity contribution is -0.757. The standard InChI is InChI=1S/C13H17N3O2/c17-16-14-12-8-4-5-9-13(12)15(16)18-10-11-6-2-1-3-7-11/h1-3,6-7,12-13H,4-5,8-10H2/t12-,13+/m1/s1. The number of rotatable bonds is 3. The normalized spacial score (nSPS) is 26.9. The molecule has 1 fully saturated rings. The number of benzene rings is 1. The molecule has 5 nitrogen and oxygen atoms in total. The average Bonchev–Trinajstić information content (AvgIpc) is 2.73. The molecule has 1 heterocycles. The summed E-state index contributed by atoms with van der Waals surface area (Å²) in [5, 5.41) is 17.2. The number of hydrogen-bond donors (Lipinski definition) is 0. The van der Waals surface area contributed by atoms with Crippen LogP contribution in [0.25, 0.3) is 0 Å². The molecule has 1 aliphatic carbocycles. The molecule has 0 radical (unpaired) electrons. The third-order valence-corrected chi connectivity index (χ3v) is 3.60. The van der Waals surface area contributed by atoms with Gasteiger partial charge in [0.05, 0.1) is 4.97 Å². The average molecular weight is 247 g/mol. The van der Waals surface area contributed by atoms with E-state index in [2.05, 4.69) is 5.11 Å². The van der Waals surface area contributed by atoms with Crippen molar-refractivity contribution in [2.24, 2.45) is 5.11 Å². The molecular weight excluding hydrogens is 230 g/mol. The second-order valence-electron chi connectivity index (χ2n) is 4.85. The molecule has 1 aliphatic heterocycles. The maximum absolute atomic E-state index is 11.7. The van der Waals surface area contributed by atoms with Gasteiger partial charge in [-0.15, -0.1) is 0 Å². The second kappa shape index (κ2) is 4.94. The van der Waals surface area contributed by atoms with Gasteiger partial charge in [-0.3, -0.25) is 0 Å². The summed E-state index contributed by atoms with van der Waals surface area (Å²) in [6.07, 6.45) is 4.29. The first kappa shape index (κ1) is 11.5. The van der Waals surface area contributed by atoms with Gasteiger partial charge in [-0.25, -0.2) is 4.84 Å². The highest BCUT2D eigenvalue weighted by Gasteiger charge is 2.43. The topological polar surface area (TPSA) is 50.9 Å². The fourth-order valence-corrected chi connectivity index (χ4v) is 2.65. The summed E-state index contributed by atoms with van der Waals surface area (Å²) in [5.41, 5.74) is 1.06. The molecule has 96 valence electrons. The molecule has 0 aromatic heterocycles. The highest BCUT2D eigenvalue weighted by molar-refractivity contribution is 5.13. The molecule has 0 bridgehead atoms. The fourth-order valence-electron chi connectivity index (χ4n) is 2.65. The van der Waals surface area contributed by atoms with Crippen molar-refractivity contribution >= 4 is 0 Å². The SMILES string of the molecule is [O-][N+]1=N[C@@H]2CCCC[C@@H]2N1OCc1ccccc1. The zero-order valence-corrected chi connectivity index (χ0v) is 10.2. The van der Waals surface area contributed by atoms with Crippen molar-refractivity contribution < 1.29 is 9.81 Å². The molecule has 3 rings (SSSR count). The summed E-state index contributed by atoms with van der Waals surface area (Å²) in [6, 6.07) is 10.1. The Labute approximate surface area is 106 Å². The predicted octanol–water partition coefficient (Wildman–Crippen LogP) is 2.62. The molecule has 1 aromatic carbocycles. The molecule has 1 saturated carbocycles. The van der Waals surface area contributed by atoms with E-state index in [0.29, 0.717) is 11.6 Å². The molecule has 18 heavy (non-hydrogen) atoms. The molecule has 1 aromatic rings. The van der Waals surface area contributed by atoms with Crippen LogP contribution in [-0.2, 0) is 11.4 Å². The van der Waals surface area contributed by atoms with E-state index in [4.69, 9.17) is 4.84 Å². The van der Waals surface area contributed by atoms with Crippen molar-refractivity contribution in [3.63, 3.8) is 0 Å². The van der Waals surface area contributed by atoms with Gasteiger partial charge in [-0.2, -0.15) is 0 Å². The molecule has 5 heteroatoms. The molecule has 2 aliphatic rings. The largest absolute Gasteiger partial charge is 0.570 e. The summed E-state index contributed by atoms with van der Waals surface area (Å²) >= 11 is 0. The van der Waals surface area contributed by atoms with Crippen molar-refractivity contribution in [2.75, 3.05) is 0 Å². The predicted molar refractivity (Wildman–Crippen MR) is 65.2 cm³/mol. The Morgan fingerprint density at radius 1 is 1.28 bits per heavy atom. The molecule has 0 saturated heterocycles. The smallest absolute Gasteiger partial charge is 0.147 e. The summed E-state index contributed by atoms with van der Waals surface area (Å²) in [5.74, 6) is 0. The summed E-state index contributed by atoms with van der Waals surface area (Å²) < 4.78 is 0. The number of nitrogens with zero attached hydrogens (tertiary/aromatic N) is 3.